The van der Waals surface area contributed by atoms with E-state index in [9.17, 15) is 9.59 Å². The number of cyclic esters (lactones) is 2. The second-order valence-electron chi connectivity index (χ2n) is 4.63. The van der Waals surface area contributed by atoms with E-state index >= 15 is 0 Å². The molecule has 1 saturated heterocycles. The topological polar surface area (TPSA) is 52.6 Å². The second kappa shape index (κ2) is 6.51. The van der Waals surface area contributed by atoms with E-state index in [2.05, 4.69) is 13.8 Å². The van der Waals surface area contributed by atoms with Gasteiger partial charge in [0.2, 0.25) is 0 Å². The van der Waals surface area contributed by atoms with Crippen molar-refractivity contribution < 1.29 is 19.1 Å². The van der Waals surface area contributed by atoms with E-state index in [1.54, 1.807) is 0 Å². The summed E-state index contributed by atoms with van der Waals surface area (Å²) >= 11 is 0. The minimum atomic E-state index is -0.283. The highest BCUT2D eigenvalue weighted by molar-refractivity contribution is 5.71. The van der Waals surface area contributed by atoms with Crippen molar-refractivity contribution in [3.63, 3.8) is 0 Å². The molecule has 0 aromatic rings. The van der Waals surface area contributed by atoms with E-state index in [4.69, 9.17) is 9.47 Å². The molecule has 16 heavy (non-hydrogen) atoms. The summed E-state index contributed by atoms with van der Waals surface area (Å²) in [6.07, 6.45) is 2.66. The van der Waals surface area contributed by atoms with E-state index in [0.717, 1.165) is 6.42 Å². The van der Waals surface area contributed by atoms with E-state index in [1.807, 2.05) is 0 Å². The van der Waals surface area contributed by atoms with Gasteiger partial charge in [-0.2, -0.15) is 0 Å². The third-order valence-electron chi connectivity index (χ3n) is 2.47. The highest BCUT2D eigenvalue weighted by Crippen LogP contribution is 2.13. The fraction of sp³-hybridized carbons (Fsp3) is 0.833. The second-order valence-corrected chi connectivity index (χ2v) is 4.63. The molecule has 0 aromatic carbocycles. The van der Waals surface area contributed by atoms with Crippen LogP contribution in [0.1, 0.15) is 46.0 Å². The van der Waals surface area contributed by atoms with Crippen molar-refractivity contribution in [1.29, 1.82) is 0 Å². The molecule has 0 saturated carbocycles. The van der Waals surface area contributed by atoms with Crippen molar-refractivity contribution in [3.8, 4) is 0 Å². The molecule has 0 bridgehead atoms. The zero-order valence-electron chi connectivity index (χ0n) is 10.0. The Morgan fingerprint density at radius 1 is 1.19 bits per heavy atom. The Balaban J connectivity index is 2.50. The molecule has 1 aliphatic rings. The van der Waals surface area contributed by atoms with Crippen LogP contribution in [0.5, 0.6) is 0 Å². The number of hydrogen-bond donors (Lipinski definition) is 0. The van der Waals surface area contributed by atoms with Crippen LogP contribution < -0.4 is 0 Å². The fourth-order valence-electron chi connectivity index (χ4n) is 1.72. The molecule has 1 heterocycles. The first-order valence-corrected chi connectivity index (χ1v) is 5.93. The van der Waals surface area contributed by atoms with Crippen LogP contribution in [0.3, 0.4) is 0 Å². The lowest BCUT2D eigenvalue weighted by Crippen LogP contribution is -2.27. The van der Waals surface area contributed by atoms with E-state index < -0.39 is 0 Å². The predicted octanol–water partition coefficient (Wildman–Crippen LogP) is 2.06. The smallest absolute Gasteiger partial charge is 0.306 e. The summed E-state index contributed by atoms with van der Waals surface area (Å²) < 4.78 is 10.3. The van der Waals surface area contributed by atoms with Crippen LogP contribution in [0, 0.1) is 5.92 Å². The first-order valence-electron chi connectivity index (χ1n) is 5.93. The molecule has 1 aliphatic heterocycles. The summed E-state index contributed by atoms with van der Waals surface area (Å²) in [4.78, 5) is 22.7. The standard InChI is InChI=1S/C12H20O4/c1-9(2)7-10-8-15-11(13)5-3-4-6-12(14)16-10/h9-10H,3-8H2,1-2H3. The zero-order chi connectivity index (χ0) is 12.0. The van der Waals surface area contributed by atoms with Crippen LogP contribution in [0.2, 0.25) is 0 Å². The largest absolute Gasteiger partial charge is 0.462 e. The number of ether oxygens (including phenoxy) is 2. The summed E-state index contributed by atoms with van der Waals surface area (Å²) in [5.74, 6) is 0.0507. The van der Waals surface area contributed by atoms with Crippen molar-refractivity contribution >= 4 is 11.9 Å². The number of hydrogen-bond acceptors (Lipinski definition) is 4. The van der Waals surface area contributed by atoms with Gasteiger partial charge in [0.25, 0.3) is 0 Å². The Morgan fingerprint density at radius 2 is 1.81 bits per heavy atom. The number of carbonyl (C=O) groups is 2. The van der Waals surface area contributed by atoms with Crippen molar-refractivity contribution in [1.82, 2.24) is 0 Å². The Labute approximate surface area is 96.3 Å². The van der Waals surface area contributed by atoms with Gasteiger partial charge in [-0.05, 0) is 25.2 Å². The molecule has 0 radical (unpaired) electrons. The van der Waals surface area contributed by atoms with Gasteiger partial charge in [0.05, 0.1) is 0 Å². The molecule has 0 aliphatic carbocycles. The molecular formula is C12H20O4. The Hall–Kier alpha value is -1.06. The molecule has 4 nitrogen and oxygen atoms in total. The SMILES string of the molecule is CC(C)CC1COC(=O)CCCCC(=O)O1. The summed E-state index contributed by atoms with van der Waals surface area (Å²) in [6.45, 7) is 4.30. The fourth-order valence-corrected chi connectivity index (χ4v) is 1.72. The van der Waals surface area contributed by atoms with Gasteiger partial charge >= 0.3 is 11.9 Å². The Bertz CT molecular complexity index is 247. The average molecular weight is 228 g/mol. The maximum Gasteiger partial charge on any atom is 0.306 e. The molecule has 0 N–H and O–H groups in total. The molecule has 0 spiro atoms. The minimum Gasteiger partial charge on any atom is -0.462 e. The third kappa shape index (κ3) is 5.14. The highest BCUT2D eigenvalue weighted by Gasteiger charge is 2.19. The van der Waals surface area contributed by atoms with Gasteiger partial charge in [0.15, 0.2) is 0 Å². The summed E-state index contributed by atoms with van der Waals surface area (Å²) in [5.41, 5.74) is 0. The van der Waals surface area contributed by atoms with Crippen LogP contribution in [0.15, 0.2) is 0 Å². The number of carbonyl (C=O) groups excluding carboxylic acids is 2. The maximum atomic E-state index is 11.4. The molecular weight excluding hydrogens is 208 g/mol. The van der Waals surface area contributed by atoms with Crippen LogP contribution in [-0.2, 0) is 19.1 Å². The molecule has 92 valence electrons. The van der Waals surface area contributed by atoms with Crippen LogP contribution in [0.25, 0.3) is 0 Å². The number of rotatable bonds is 2. The van der Waals surface area contributed by atoms with Crippen LogP contribution >= 0.6 is 0 Å². The third-order valence-corrected chi connectivity index (χ3v) is 2.47. The lowest BCUT2D eigenvalue weighted by Gasteiger charge is -2.20. The van der Waals surface area contributed by atoms with E-state index in [1.165, 1.54) is 0 Å². The molecule has 1 unspecified atom stereocenters. The molecule has 1 fully saturated rings. The molecule has 4 heteroatoms. The maximum absolute atomic E-state index is 11.4. The average Bonchev–Trinajstić information content (AvgIpc) is 2.19. The van der Waals surface area contributed by atoms with E-state index in [0.29, 0.717) is 31.6 Å². The van der Waals surface area contributed by atoms with E-state index in [-0.39, 0.29) is 24.6 Å². The summed E-state index contributed by atoms with van der Waals surface area (Å²) in [5, 5.41) is 0. The predicted molar refractivity (Wildman–Crippen MR) is 58.8 cm³/mol. The summed E-state index contributed by atoms with van der Waals surface area (Å²) in [7, 11) is 0. The van der Waals surface area contributed by atoms with Crippen LogP contribution in [0.4, 0.5) is 0 Å². The van der Waals surface area contributed by atoms with Crippen LogP contribution in [-0.4, -0.2) is 24.6 Å². The molecule has 0 amide bonds. The van der Waals surface area contributed by atoms with Crippen molar-refractivity contribution in [2.75, 3.05) is 6.61 Å². The van der Waals surface area contributed by atoms with Gasteiger partial charge < -0.3 is 9.47 Å². The lowest BCUT2D eigenvalue weighted by molar-refractivity contribution is -0.161. The quantitative estimate of drug-likeness (QED) is 0.679. The Kier molecular flexibility index (Phi) is 5.29. The van der Waals surface area contributed by atoms with Gasteiger partial charge in [-0.3, -0.25) is 9.59 Å². The molecule has 1 rings (SSSR count). The molecule has 0 aromatic heterocycles. The molecule has 1 atom stereocenters. The van der Waals surface area contributed by atoms with Crippen molar-refractivity contribution in [2.24, 2.45) is 5.92 Å². The van der Waals surface area contributed by atoms with Gasteiger partial charge in [0, 0.05) is 12.8 Å². The van der Waals surface area contributed by atoms with Gasteiger partial charge in [0.1, 0.15) is 12.7 Å². The summed E-state index contributed by atoms with van der Waals surface area (Å²) in [6, 6.07) is 0. The lowest BCUT2D eigenvalue weighted by atomic mass is 10.1. The number of esters is 2. The van der Waals surface area contributed by atoms with Gasteiger partial charge in [-0.1, -0.05) is 13.8 Å². The first-order chi connectivity index (χ1) is 7.58. The van der Waals surface area contributed by atoms with Crippen molar-refractivity contribution in [3.05, 3.63) is 0 Å². The Morgan fingerprint density at radius 3 is 2.44 bits per heavy atom. The van der Waals surface area contributed by atoms with Crippen molar-refractivity contribution in [2.45, 2.75) is 52.1 Å². The first kappa shape index (κ1) is 13.0. The minimum absolute atomic E-state index is 0.177. The van der Waals surface area contributed by atoms with Gasteiger partial charge in [-0.25, -0.2) is 0 Å². The monoisotopic (exact) mass is 228 g/mol. The van der Waals surface area contributed by atoms with Gasteiger partial charge in [-0.15, -0.1) is 0 Å². The highest BCUT2D eigenvalue weighted by atomic mass is 16.6. The normalized spacial score (nSPS) is 23.8. The zero-order valence-corrected chi connectivity index (χ0v) is 10.0.